The van der Waals surface area contributed by atoms with Crippen LogP contribution < -0.4 is 5.73 Å². The van der Waals surface area contributed by atoms with E-state index in [9.17, 15) is 0 Å². The standard InChI is InChI=1S/C19H33N.H2O/c1-17(2,3)14-12-10-11-13(15(14)18(4,5)6)16(20)19(7,8)9;/h10-12,16H,20H2,1-9H3;1H2. The molecular weight excluding hydrogens is 258 g/mol. The fourth-order valence-corrected chi connectivity index (χ4v) is 2.76. The van der Waals surface area contributed by atoms with Gasteiger partial charge in [-0.15, -0.1) is 0 Å². The van der Waals surface area contributed by atoms with Crippen LogP contribution in [0.5, 0.6) is 0 Å². The average molecular weight is 293 g/mol. The van der Waals surface area contributed by atoms with Crippen LogP contribution in [0.3, 0.4) is 0 Å². The van der Waals surface area contributed by atoms with Crippen molar-refractivity contribution in [1.29, 1.82) is 0 Å². The first-order chi connectivity index (χ1) is 8.76. The van der Waals surface area contributed by atoms with Crippen LogP contribution in [0, 0.1) is 5.41 Å². The number of hydrogen-bond donors (Lipinski definition) is 1. The van der Waals surface area contributed by atoms with Gasteiger partial charge in [0, 0.05) is 6.04 Å². The highest BCUT2D eigenvalue weighted by molar-refractivity contribution is 5.45. The molecule has 1 rings (SSSR count). The number of nitrogens with two attached hydrogens (primary N) is 1. The topological polar surface area (TPSA) is 57.5 Å². The van der Waals surface area contributed by atoms with Crippen molar-refractivity contribution in [3.05, 3.63) is 34.9 Å². The molecule has 0 heterocycles. The molecule has 1 aromatic carbocycles. The molecule has 0 aliphatic carbocycles. The molecule has 1 atom stereocenters. The highest BCUT2D eigenvalue weighted by Gasteiger charge is 2.32. The van der Waals surface area contributed by atoms with E-state index in [1.807, 2.05) is 0 Å². The van der Waals surface area contributed by atoms with Crippen LogP contribution in [0.1, 0.15) is 85.0 Å². The van der Waals surface area contributed by atoms with E-state index in [0.29, 0.717) is 0 Å². The van der Waals surface area contributed by atoms with Crippen LogP contribution in [-0.2, 0) is 10.8 Å². The van der Waals surface area contributed by atoms with Gasteiger partial charge in [-0.05, 0) is 32.9 Å². The van der Waals surface area contributed by atoms with E-state index < -0.39 is 0 Å². The van der Waals surface area contributed by atoms with Crippen LogP contribution in [0.2, 0.25) is 0 Å². The molecule has 0 aliphatic heterocycles. The fraction of sp³-hybridized carbons (Fsp3) is 0.684. The van der Waals surface area contributed by atoms with Crippen LogP contribution in [0.4, 0.5) is 0 Å². The number of benzene rings is 1. The van der Waals surface area contributed by atoms with Gasteiger partial charge in [-0.3, -0.25) is 0 Å². The second kappa shape index (κ2) is 6.10. The molecule has 0 saturated carbocycles. The third kappa shape index (κ3) is 4.55. The lowest BCUT2D eigenvalue weighted by Crippen LogP contribution is -2.31. The molecular formula is C19H35NO. The molecule has 2 heteroatoms. The largest absolute Gasteiger partial charge is 0.412 e. The van der Waals surface area contributed by atoms with Gasteiger partial charge in [0.2, 0.25) is 0 Å². The molecule has 0 saturated heterocycles. The van der Waals surface area contributed by atoms with Gasteiger partial charge in [0.15, 0.2) is 0 Å². The Kier molecular flexibility index (Phi) is 5.85. The Morgan fingerprint density at radius 1 is 0.810 bits per heavy atom. The zero-order chi connectivity index (χ0) is 15.9. The second-order valence-electron chi connectivity index (χ2n) is 9.11. The van der Waals surface area contributed by atoms with E-state index in [2.05, 4.69) is 80.5 Å². The summed E-state index contributed by atoms with van der Waals surface area (Å²) in [4.78, 5) is 0. The van der Waals surface area contributed by atoms with Gasteiger partial charge in [-0.1, -0.05) is 80.5 Å². The van der Waals surface area contributed by atoms with Gasteiger partial charge < -0.3 is 11.2 Å². The second-order valence-corrected chi connectivity index (χ2v) is 9.11. The van der Waals surface area contributed by atoms with E-state index in [1.165, 1.54) is 16.7 Å². The molecule has 2 nitrogen and oxygen atoms in total. The summed E-state index contributed by atoms with van der Waals surface area (Å²) in [7, 11) is 0. The summed E-state index contributed by atoms with van der Waals surface area (Å²) in [5, 5.41) is 0. The van der Waals surface area contributed by atoms with Crippen molar-refractivity contribution in [3.8, 4) is 0 Å². The summed E-state index contributed by atoms with van der Waals surface area (Å²) in [6.07, 6.45) is 0. The maximum absolute atomic E-state index is 6.58. The van der Waals surface area contributed by atoms with E-state index >= 15 is 0 Å². The minimum atomic E-state index is 0. The summed E-state index contributed by atoms with van der Waals surface area (Å²) >= 11 is 0. The van der Waals surface area contributed by atoms with E-state index in [-0.39, 0.29) is 27.8 Å². The van der Waals surface area contributed by atoms with Gasteiger partial charge >= 0.3 is 0 Å². The Morgan fingerprint density at radius 3 is 1.62 bits per heavy atom. The Morgan fingerprint density at radius 2 is 1.29 bits per heavy atom. The molecule has 1 unspecified atom stereocenters. The Balaban J connectivity index is 0.00000400. The van der Waals surface area contributed by atoms with E-state index in [0.717, 1.165) is 0 Å². The summed E-state index contributed by atoms with van der Waals surface area (Å²) in [6.45, 7) is 20.4. The molecule has 1 aromatic rings. The molecule has 122 valence electrons. The van der Waals surface area contributed by atoms with Crippen molar-refractivity contribution in [2.75, 3.05) is 0 Å². The molecule has 4 N–H and O–H groups in total. The molecule has 0 radical (unpaired) electrons. The smallest absolute Gasteiger partial charge is 0.0347 e. The lowest BCUT2D eigenvalue weighted by molar-refractivity contribution is 0.322. The Bertz CT molecular complexity index is 470. The SMILES string of the molecule is CC(C)(C)c1cccc(C(N)C(C)(C)C)c1C(C)(C)C.O. The summed E-state index contributed by atoms with van der Waals surface area (Å²) in [6, 6.07) is 6.70. The van der Waals surface area contributed by atoms with Crippen LogP contribution in [0.25, 0.3) is 0 Å². The molecule has 0 bridgehead atoms. The molecule has 0 aliphatic rings. The zero-order valence-electron chi connectivity index (χ0n) is 15.4. The van der Waals surface area contributed by atoms with Crippen molar-refractivity contribution in [2.24, 2.45) is 11.1 Å². The van der Waals surface area contributed by atoms with Crippen LogP contribution in [0.15, 0.2) is 18.2 Å². The van der Waals surface area contributed by atoms with Gasteiger partial charge in [-0.2, -0.15) is 0 Å². The van der Waals surface area contributed by atoms with Crippen molar-refractivity contribution >= 4 is 0 Å². The molecule has 0 fully saturated rings. The lowest BCUT2D eigenvalue weighted by atomic mass is 9.69. The molecule has 21 heavy (non-hydrogen) atoms. The summed E-state index contributed by atoms with van der Waals surface area (Å²) in [5.41, 5.74) is 11.0. The highest BCUT2D eigenvalue weighted by atomic mass is 16.0. The predicted octanol–water partition coefficient (Wildman–Crippen LogP) is 4.50. The third-order valence-electron chi connectivity index (χ3n) is 3.92. The van der Waals surface area contributed by atoms with E-state index in [4.69, 9.17) is 5.73 Å². The van der Waals surface area contributed by atoms with Gasteiger partial charge in [0.05, 0.1) is 0 Å². The first kappa shape index (κ1) is 20.1. The van der Waals surface area contributed by atoms with Gasteiger partial charge in [0.25, 0.3) is 0 Å². The van der Waals surface area contributed by atoms with Gasteiger partial charge in [0.1, 0.15) is 0 Å². The first-order valence-electron chi connectivity index (χ1n) is 7.65. The minimum absolute atomic E-state index is 0. The van der Waals surface area contributed by atoms with Crippen molar-refractivity contribution in [3.63, 3.8) is 0 Å². The lowest BCUT2D eigenvalue weighted by Gasteiger charge is -2.37. The van der Waals surface area contributed by atoms with Crippen LogP contribution in [-0.4, -0.2) is 5.48 Å². The Labute approximate surface area is 131 Å². The van der Waals surface area contributed by atoms with Crippen molar-refractivity contribution in [2.45, 2.75) is 79.2 Å². The quantitative estimate of drug-likeness (QED) is 0.814. The number of hydrogen-bond acceptors (Lipinski definition) is 1. The highest BCUT2D eigenvalue weighted by Crippen LogP contribution is 2.41. The van der Waals surface area contributed by atoms with Crippen molar-refractivity contribution < 1.29 is 5.48 Å². The fourth-order valence-electron chi connectivity index (χ4n) is 2.76. The number of rotatable bonds is 1. The molecule has 0 amide bonds. The predicted molar refractivity (Wildman–Crippen MR) is 93.8 cm³/mol. The molecule has 0 spiro atoms. The van der Waals surface area contributed by atoms with Crippen molar-refractivity contribution in [1.82, 2.24) is 0 Å². The monoisotopic (exact) mass is 293 g/mol. The minimum Gasteiger partial charge on any atom is -0.412 e. The van der Waals surface area contributed by atoms with Gasteiger partial charge in [-0.25, -0.2) is 0 Å². The maximum atomic E-state index is 6.58. The average Bonchev–Trinajstić information content (AvgIpc) is 2.23. The van der Waals surface area contributed by atoms with E-state index in [1.54, 1.807) is 0 Å². The maximum Gasteiger partial charge on any atom is 0.0347 e. The third-order valence-corrected chi connectivity index (χ3v) is 3.92. The Hall–Kier alpha value is -0.860. The summed E-state index contributed by atoms with van der Waals surface area (Å²) in [5.74, 6) is 0. The normalized spacial score (nSPS) is 14.6. The summed E-state index contributed by atoms with van der Waals surface area (Å²) < 4.78 is 0. The molecule has 0 aromatic heterocycles. The first-order valence-corrected chi connectivity index (χ1v) is 7.65. The van der Waals surface area contributed by atoms with Crippen LogP contribution >= 0.6 is 0 Å². The zero-order valence-corrected chi connectivity index (χ0v) is 15.4.